The van der Waals surface area contributed by atoms with Gasteiger partial charge < -0.3 is 113 Å². The quantitative estimate of drug-likeness (QED) is 0.0329. The third-order valence-electron chi connectivity index (χ3n) is 28.9. The molecule has 0 aromatic carbocycles. The predicted molar refractivity (Wildman–Crippen MR) is 570 cm³/mol. The van der Waals surface area contributed by atoms with Crippen molar-refractivity contribution in [3.63, 3.8) is 0 Å². The van der Waals surface area contributed by atoms with Crippen molar-refractivity contribution in [3.8, 4) is 0 Å². The summed E-state index contributed by atoms with van der Waals surface area (Å²) < 4.78 is 59.0. The molecule has 0 aliphatic heterocycles. The Morgan fingerprint density at radius 2 is 0.574 bits per heavy atom. The third-order valence-corrected chi connectivity index (χ3v) is 28.9. The number of nitrogens with two attached hydrogens (primary N) is 4. The van der Waals surface area contributed by atoms with Gasteiger partial charge in [-0.1, -0.05) is 20.8 Å². The molecular formula is C110H166ClN11O26. The van der Waals surface area contributed by atoms with E-state index in [1.165, 1.54) is 122 Å². The Morgan fingerprint density at radius 1 is 0.331 bits per heavy atom. The highest BCUT2D eigenvalue weighted by Gasteiger charge is 2.32. The van der Waals surface area contributed by atoms with Crippen molar-refractivity contribution in [3.05, 3.63) is 229 Å². The van der Waals surface area contributed by atoms with Gasteiger partial charge in [-0.3, -0.25) is 34.1 Å². The van der Waals surface area contributed by atoms with Crippen molar-refractivity contribution in [1.82, 2.24) is 27.4 Å². The van der Waals surface area contributed by atoms with Crippen LogP contribution in [0.1, 0.15) is 361 Å². The number of carbonyl (C=O) groups excluding carboxylic acids is 5. The first-order valence-electron chi connectivity index (χ1n) is 52.1. The van der Waals surface area contributed by atoms with Gasteiger partial charge in [0.2, 0.25) is 0 Å². The maximum absolute atomic E-state index is 12.6. The fourth-order valence-corrected chi connectivity index (χ4v) is 19.7. The number of hydrogen-bond acceptors (Lipinski definition) is 29. The van der Waals surface area contributed by atoms with E-state index in [0.717, 1.165) is 185 Å². The first kappa shape index (κ1) is 126. The SMILES string of the molecule is CC1CCC(N)CC1.CC1CCC(N)CC1.COC(=O)c1cccn(C2CCC(C)CC2)c1=O.COC(=O)c1cccn(C2CCC(O)CC2)c1=O.COC(=O)c1cccn(C2CCC(OC)CC2)c1=O.COC(=O)c1cccoc1=O.COC1CCC(n2cccc(C(=O)O)c2=O)CC1.COC1CCC(n2cccc(N)c2=O)CC1.COC1CCC(n2cccc(NC(=O)OC(C)(C)C)c2=O)CC1.Cl.NC1CCC(O)CC1. The van der Waals surface area contributed by atoms with Crippen LogP contribution in [0.25, 0.3) is 0 Å². The van der Waals surface area contributed by atoms with Gasteiger partial charge in [0, 0.05) is 120 Å². The van der Waals surface area contributed by atoms with Crippen LogP contribution in [0.4, 0.5) is 16.2 Å². The van der Waals surface area contributed by atoms with Crippen LogP contribution in [0.5, 0.6) is 0 Å². The average Bonchev–Trinajstić information content (AvgIpc) is 0.798. The van der Waals surface area contributed by atoms with Gasteiger partial charge in [-0.05, 0) is 355 Å². The molecule has 824 valence electrons. The Bertz CT molecular complexity index is 5430. The minimum absolute atomic E-state index is 0. The van der Waals surface area contributed by atoms with Crippen molar-refractivity contribution in [1.29, 1.82) is 0 Å². The molecule has 37 nitrogen and oxygen atoms in total. The highest BCUT2D eigenvalue weighted by Crippen LogP contribution is 2.36. The summed E-state index contributed by atoms with van der Waals surface area (Å²) in [6.07, 6.45) is 48.2. The number of hydrogen-bond donors (Lipinski definition) is 8. The lowest BCUT2D eigenvalue weighted by molar-refractivity contribution is 0.0565. The third kappa shape index (κ3) is 41.1. The molecule has 0 bridgehead atoms. The van der Waals surface area contributed by atoms with Gasteiger partial charge >= 0.3 is 41.6 Å². The van der Waals surface area contributed by atoms with E-state index in [4.69, 9.17) is 56.8 Å². The van der Waals surface area contributed by atoms with Gasteiger partial charge in [-0.25, -0.2) is 33.6 Å². The van der Waals surface area contributed by atoms with Crippen molar-refractivity contribution >= 4 is 59.7 Å². The number of carboxylic acid groups (broad SMARTS) is 1. The molecule has 9 fully saturated rings. The number of halogens is 1. The molecular weight excluding hydrogens is 1930 g/mol. The van der Waals surface area contributed by atoms with Crippen LogP contribution in [-0.2, 0) is 42.6 Å². The molecule has 148 heavy (non-hydrogen) atoms. The molecule has 38 heteroatoms. The highest BCUT2D eigenvalue weighted by atomic mass is 35.5. The van der Waals surface area contributed by atoms with Gasteiger partial charge in [-0.15, -0.1) is 12.4 Å². The number of methoxy groups -OCH3 is 8. The summed E-state index contributed by atoms with van der Waals surface area (Å²) in [6.45, 7) is 12.2. The fourth-order valence-electron chi connectivity index (χ4n) is 19.7. The van der Waals surface area contributed by atoms with Gasteiger partial charge in [0.15, 0.2) is 0 Å². The maximum atomic E-state index is 12.6. The monoisotopic (exact) mass is 2090 g/mol. The number of carbonyl (C=O) groups is 6. The van der Waals surface area contributed by atoms with E-state index in [-0.39, 0.29) is 140 Å². The zero-order valence-corrected chi connectivity index (χ0v) is 89.9. The normalized spacial score (nSPS) is 24.9. The number of aliphatic hydroxyl groups is 2. The van der Waals surface area contributed by atoms with Crippen LogP contribution in [-0.4, -0.2) is 196 Å². The molecule has 0 unspecified atom stereocenters. The van der Waals surface area contributed by atoms with Gasteiger partial charge in [-0.2, -0.15) is 0 Å². The Morgan fingerprint density at radius 3 is 0.858 bits per heavy atom. The lowest BCUT2D eigenvalue weighted by Crippen LogP contribution is -2.33. The van der Waals surface area contributed by atoms with E-state index in [1.54, 1.807) is 150 Å². The number of amides is 1. The molecule has 1 amide bonds. The molecule has 7 heterocycles. The predicted octanol–water partition coefficient (Wildman–Crippen LogP) is 16.0. The van der Waals surface area contributed by atoms with E-state index in [1.807, 2.05) is 12.3 Å². The first-order chi connectivity index (χ1) is 70.2. The summed E-state index contributed by atoms with van der Waals surface area (Å²) in [5.41, 5.74) is 20.4. The van der Waals surface area contributed by atoms with Crippen LogP contribution >= 0.6 is 12.4 Å². The number of nitrogens with zero attached hydrogens (tertiary/aromatic N) is 6. The van der Waals surface area contributed by atoms with Gasteiger partial charge in [0.05, 0.1) is 77.0 Å². The first-order valence-corrected chi connectivity index (χ1v) is 52.1. The number of nitrogens with one attached hydrogen (secondary N) is 1. The van der Waals surface area contributed by atoms with Gasteiger partial charge in [0.25, 0.3) is 33.4 Å². The smallest absolute Gasteiger partial charge is 0.412 e. The molecule has 0 spiro atoms. The molecule has 9 aliphatic carbocycles. The standard InChI is InChI=1S/C17H26N2O4.C14H19NO4.C14H19NO3.2C13H17NO4.C12H18N2O2.2C7H15N.C7H6O4.C6H13NO.ClH/c1-17(2,3)23-16(21)18-14-6-5-11-19(15(14)20)12-7-9-13(22-4)10-8-12;1-18-11-7-5-10(6-8-11)15-9-3-4-12(13(15)16)14(17)19-2;1-10-5-7-11(8-6-10)15-9-3-4-12(13(15)16)14(17)18-2;1-18-10-6-4-9(5-7-10)14-8-2-3-11(12(14)15)13(16)17;1-18-13(17)11-3-2-8-14(12(11)16)9-4-6-10(15)7-5-9;1-16-10-6-4-9(5-7-10)14-8-2-3-11(13)12(14)15;2*1-6-2-4-7(8)5-3-6;1-10-6(8)5-3-2-4-11-7(5)9;7-5-1-3-6(8)4-2-5;/h5-6,11-13H,7-10H2,1-4H3,(H,18,21);3-4,9-11H,5-8H2,1-2H3;3-4,9-11H,5-8H2,1-2H3;2-3,8-10H,4-7H2,1H3,(H,16,17);2-3,8-10,15H,4-7H2,1H3;2-3,8-10H,4-7,13H2,1H3;2*6-7H,2-5,8H2,1H3;2-4H,1H3;5-6,8H,1-4,7H2;1H. The van der Waals surface area contributed by atoms with E-state index in [9.17, 15) is 67.4 Å². The van der Waals surface area contributed by atoms with Gasteiger partial charge in [0.1, 0.15) is 39.1 Å². The van der Waals surface area contributed by atoms with Crippen molar-refractivity contribution in [2.75, 3.05) is 67.9 Å². The van der Waals surface area contributed by atoms with E-state index >= 15 is 0 Å². The topological polar surface area (TPSA) is 524 Å². The summed E-state index contributed by atoms with van der Waals surface area (Å²) >= 11 is 0. The molecule has 0 atom stereocenters. The maximum Gasteiger partial charge on any atom is 0.412 e. The van der Waals surface area contributed by atoms with E-state index in [0.29, 0.717) is 42.8 Å². The molecule has 9 aliphatic rings. The Kier molecular flexibility index (Phi) is 55.3. The summed E-state index contributed by atoms with van der Waals surface area (Å²) in [5.74, 6) is -0.974. The molecule has 9 saturated carbocycles. The zero-order valence-electron chi connectivity index (χ0n) is 89.1. The average molecular weight is 2090 g/mol. The molecule has 7 aromatic heterocycles. The Labute approximate surface area is 874 Å². The summed E-state index contributed by atoms with van der Waals surface area (Å²) in [6, 6.07) is 24.6. The molecule has 12 N–H and O–H groups in total. The minimum Gasteiger partial charge on any atom is -0.477 e. The second-order valence-corrected chi connectivity index (χ2v) is 40.7. The number of anilines is 2. The summed E-state index contributed by atoms with van der Waals surface area (Å²) in [5, 5.41) is 29.9. The number of carboxylic acids is 1. The van der Waals surface area contributed by atoms with E-state index in [2.05, 4.69) is 49.5 Å². The second kappa shape index (κ2) is 65.2. The lowest BCUT2D eigenvalue weighted by Gasteiger charge is -2.29. The van der Waals surface area contributed by atoms with Crippen molar-refractivity contribution in [2.24, 2.45) is 35.0 Å². The number of aromatic carboxylic acids is 1. The molecule has 0 radical (unpaired) electrons. The molecule has 0 saturated heterocycles. The fraction of sp³-hybridized carbons (Fsp3) is 0.627. The number of rotatable bonds is 16. The van der Waals surface area contributed by atoms with Crippen molar-refractivity contribution in [2.45, 2.75) is 369 Å². The molecule has 7 aromatic rings. The zero-order chi connectivity index (χ0) is 108. The van der Waals surface area contributed by atoms with Crippen LogP contribution in [0.3, 0.4) is 0 Å². The number of aliphatic hydroxyl groups excluding tert-OH is 2. The number of aromatic nitrogens is 6. The Balaban J connectivity index is 0.000000255. The van der Waals surface area contributed by atoms with Crippen molar-refractivity contribution < 1.29 is 91.1 Å². The van der Waals surface area contributed by atoms with Crippen LogP contribution < -0.4 is 67.2 Å². The number of ether oxygens (including phenoxy) is 9. The van der Waals surface area contributed by atoms with Crippen LogP contribution in [0, 0.1) is 17.8 Å². The lowest BCUT2D eigenvalue weighted by atomic mass is 9.87. The highest BCUT2D eigenvalue weighted by molar-refractivity contribution is 5.90. The van der Waals surface area contributed by atoms with Crippen LogP contribution in [0.15, 0.2) is 166 Å². The molecule has 16 rings (SSSR count). The number of esters is 4. The summed E-state index contributed by atoms with van der Waals surface area (Å²) in [4.78, 5) is 152. The number of pyridine rings is 6. The minimum atomic E-state index is -1.17. The second-order valence-electron chi connectivity index (χ2n) is 40.7. The Hall–Kier alpha value is -11.0. The summed E-state index contributed by atoms with van der Waals surface area (Å²) in [7, 11) is 11.9. The number of nitrogen functional groups attached to an aromatic ring is 1. The van der Waals surface area contributed by atoms with Crippen LogP contribution in [0.2, 0.25) is 0 Å². The van der Waals surface area contributed by atoms with E-state index < -0.39 is 52.7 Å². The largest absolute Gasteiger partial charge is 0.477 e.